The van der Waals surface area contributed by atoms with Crippen LogP contribution in [-0.2, 0) is 4.79 Å². The zero-order chi connectivity index (χ0) is 13.0. The highest BCUT2D eigenvalue weighted by atomic mass is 19.1. The smallest absolute Gasteiger partial charge is 0.340 e. The molecule has 0 aliphatic carbocycles. The van der Waals surface area contributed by atoms with Crippen LogP contribution in [0.25, 0.3) is 0 Å². The first-order valence-electron chi connectivity index (χ1n) is 4.77. The molecule has 0 spiro atoms. The van der Waals surface area contributed by atoms with Crippen molar-refractivity contribution in [2.45, 2.75) is 6.42 Å². The largest absolute Gasteiger partial charge is 0.478 e. The maximum Gasteiger partial charge on any atom is 0.340 e. The lowest BCUT2D eigenvalue weighted by Gasteiger charge is -2.11. The number of anilines is 2. The van der Waals surface area contributed by atoms with Crippen molar-refractivity contribution in [3.8, 4) is 0 Å². The molecular weight excluding hydrogens is 229 g/mol. The van der Waals surface area contributed by atoms with Crippen molar-refractivity contribution >= 4 is 23.3 Å². The fraction of sp³-hybridized carbons (Fsp3) is 0.200. The van der Waals surface area contributed by atoms with Gasteiger partial charge in [-0.25, -0.2) is 9.18 Å². The first-order valence-corrected chi connectivity index (χ1v) is 4.77. The molecular formula is C10H12FN3O3. The second-order valence-corrected chi connectivity index (χ2v) is 3.33. The summed E-state index contributed by atoms with van der Waals surface area (Å²) in [6.45, 7) is 0.153. The molecule has 6 N–H and O–H groups in total. The number of benzene rings is 1. The Bertz CT molecular complexity index is 462. The number of halogens is 1. The SMILES string of the molecule is NC(=O)CCNc1ccc(F)c(N)c1C(=O)O. The third kappa shape index (κ3) is 3.07. The van der Waals surface area contributed by atoms with Crippen LogP contribution in [0.3, 0.4) is 0 Å². The molecule has 0 atom stereocenters. The molecule has 1 aromatic rings. The Morgan fingerprint density at radius 2 is 2.06 bits per heavy atom. The van der Waals surface area contributed by atoms with Crippen molar-refractivity contribution in [3.05, 3.63) is 23.5 Å². The van der Waals surface area contributed by atoms with Gasteiger partial charge in [-0.05, 0) is 12.1 Å². The van der Waals surface area contributed by atoms with Gasteiger partial charge in [0.05, 0.1) is 11.4 Å². The topological polar surface area (TPSA) is 118 Å². The molecule has 6 nitrogen and oxygen atoms in total. The van der Waals surface area contributed by atoms with E-state index in [0.29, 0.717) is 0 Å². The van der Waals surface area contributed by atoms with Crippen molar-refractivity contribution in [2.24, 2.45) is 5.73 Å². The fourth-order valence-electron chi connectivity index (χ4n) is 1.29. The Labute approximate surface area is 96.4 Å². The molecule has 0 saturated carbocycles. The number of hydrogen-bond donors (Lipinski definition) is 4. The van der Waals surface area contributed by atoms with E-state index in [-0.39, 0.29) is 24.2 Å². The monoisotopic (exact) mass is 241 g/mol. The molecule has 0 heterocycles. The molecule has 0 aliphatic heterocycles. The number of carboxylic acid groups (broad SMARTS) is 1. The maximum absolute atomic E-state index is 13.1. The Morgan fingerprint density at radius 1 is 1.41 bits per heavy atom. The number of primary amides is 1. The van der Waals surface area contributed by atoms with E-state index in [1.165, 1.54) is 6.07 Å². The fourth-order valence-corrected chi connectivity index (χ4v) is 1.29. The minimum atomic E-state index is -1.34. The number of amides is 1. The van der Waals surface area contributed by atoms with E-state index < -0.39 is 23.4 Å². The van der Waals surface area contributed by atoms with Crippen LogP contribution in [0.5, 0.6) is 0 Å². The summed E-state index contributed by atoms with van der Waals surface area (Å²) in [5, 5.41) is 11.6. The highest BCUT2D eigenvalue weighted by molar-refractivity contribution is 6.00. The van der Waals surface area contributed by atoms with Gasteiger partial charge >= 0.3 is 5.97 Å². The van der Waals surface area contributed by atoms with Crippen molar-refractivity contribution in [3.63, 3.8) is 0 Å². The van der Waals surface area contributed by atoms with Crippen molar-refractivity contribution in [1.29, 1.82) is 0 Å². The van der Waals surface area contributed by atoms with Gasteiger partial charge in [0.25, 0.3) is 0 Å². The number of nitrogens with one attached hydrogen (secondary N) is 1. The lowest BCUT2D eigenvalue weighted by atomic mass is 10.1. The molecule has 0 aromatic heterocycles. The van der Waals surface area contributed by atoms with Gasteiger partial charge in [0.1, 0.15) is 11.4 Å². The van der Waals surface area contributed by atoms with Crippen molar-refractivity contribution in [2.75, 3.05) is 17.6 Å². The maximum atomic E-state index is 13.1. The van der Waals surface area contributed by atoms with Crippen molar-refractivity contribution in [1.82, 2.24) is 0 Å². The molecule has 92 valence electrons. The molecule has 0 aliphatic rings. The van der Waals surface area contributed by atoms with Crippen LogP contribution in [0, 0.1) is 5.82 Å². The summed E-state index contributed by atoms with van der Waals surface area (Å²) in [6.07, 6.45) is 0.0380. The second-order valence-electron chi connectivity index (χ2n) is 3.33. The summed E-state index contributed by atoms with van der Waals surface area (Å²) in [6, 6.07) is 2.30. The summed E-state index contributed by atoms with van der Waals surface area (Å²) >= 11 is 0. The molecule has 1 rings (SSSR count). The van der Waals surface area contributed by atoms with Crippen LogP contribution in [0.1, 0.15) is 16.8 Å². The molecule has 17 heavy (non-hydrogen) atoms. The van der Waals surface area contributed by atoms with Crippen LogP contribution >= 0.6 is 0 Å². The summed E-state index contributed by atoms with van der Waals surface area (Å²) in [5.41, 5.74) is 9.61. The standard InChI is InChI=1S/C10H12FN3O3/c11-5-1-2-6(14-4-3-7(12)15)8(9(5)13)10(16)17/h1-2,14H,3-4,13H2,(H2,12,15)(H,16,17). The van der Waals surface area contributed by atoms with Gasteiger partial charge in [0, 0.05) is 13.0 Å². The number of carbonyl (C=O) groups is 2. The van der Waals surface area contributed by atoms with Crippen LogP contribution in [-0.4, -0.2) is 23.5 Å². The zero-order valence-corrected chi connectivity index (χ0v) is 8.87. The van der Waals surface area contributed by atoms with E-state index in [1.54, 1.807) is 0 Å². The van der Waals surface area contributed by atoms with Gasteiger partial charge in [0.15, 0.2) is 0 Å². The third-order valence-electron chi connectivity index (χ3n) is 2.09. The Hall–Kier alpha value is -2.31. The number of aromatic carboxylic acids is 1. The number of hydrogen-bond acceptors (Lipinski definition) is 4. The van der Waals surface area contributed by atoms with E-state index in [1.807, 2.05) is 0 Å². The van der Waals surface area contributed by atoms with Gasteiger partial charge < -0.3 is 21.9 Å². The summed E-state index contributed by atoms with van der Waals surface area (Å²) in [7, 11) is 0. The number of carbonyl (C=O) groups excluding carboxylic acids is 1. The minimum Gasteiger partial charge on any atom is -0.478 e. The molecule has 1 amide bonds. The molecule has 0 unspecified atom stereocenters. The van der Waals surface area contributed by atoms with E-state index in [2.05, 4.69) is 5.32 Å². The van der Waals surface area contributed by atoms with E-state index in [9.17, 15) is 14.0 Å². The predicted octanol–water partition coefficient (Wildman–Crippen LogP) is 0.393. The lowest BCUT2D eigenvalue weighted by Crippen LogP contribution is -2.17. The second kappa shape index (κ2) is 5.15. The van der Waals surface area contributed by atoms with Gasteiger partial charge in [-0.1, -0.05) is 0 Å². The Kier molecular flexibility index (Phi) is 3.86. The minimum absolute atomic E-state index is 0.0380. The lowest BCUT2D eigenvalue weighted by molar-refractivity contribution is -0.117. The molecule has 1 aromatic carbocycles. The van der Waals surface area contributed by atoms with Crippen LogP contribution in [0.4, 0.5) is 15.8 Å². The number of rotatable bonds is 5. The summed E-state index contributed by atoms with van der Waals surface area (Å²) in [5.74, 6) is -2.67. The Balaban J connectivity index is 2.95. The quantitative estimate of drug-likeness (QED) is 0.556. The molecule has 0 saturated heterocycles. The van der Waals surface area contributed by atoms with Gasteiger partial charge in [-0.15, -0.1) is 0 Å². The van der Waals surface area contributed by atoms with E-state index >= 15 is 0 Å². The highest BCUT2D eigenvalue weighted by Crippen LogP contribution is 2.24. The average Bonchev–Trinajstić information content (AvgIpc) is 2.22. The molecule has 0 bridgehead atoms. The summed E-state index contributed by atoms with van der Waals surface area (Å²) < 4.78 is 13.1. The van der Waals surface area contributed by atoms with Gasteiger partial charge in [0.2, 0.25) is 5.91 Å². The van der Waals surface area contributed by atoms with Crippen LogP contribution in [0.2, 0.25) is 0 Å². The molecule has 0 fully saturated rings. The third-order valence-corrected chi connectivity index (χ3v) is 2.09. The number of nitrogen functional groups attached to an aromatic ring is 1. The first kappa shape index (κ1) is 12.8. The summed E-state index contributed by atoms with van der Waals surface area (Å²) in [4.78, 5) is 21.4. The molecule has 7 heteroatoms. The molecule has 0 radical (unpaired) electrons. The number of carboxylic acids is 1. The van der Waals surface area contributed by atoms with Crippen LogP contribution < -0.4 is 16.8 Å². The average molecular weight is 241 g/mol. The van der Waals surface area contributed by atoms with Gasteiger partial charge in [-0.3, -0.25) is 4.79 Å². The first-order chi connectivity index (χ1) is 7.93. The van der Waals surface area contributed by atoms with E-state index in [0.717, 1.165) is 6.07 Å². The zero-order valence-electron chi connectivity index (χ0n) is 8.87. The predicted molar refractivity (Wildman–Crippen MR) is 60.1 cm³/mol. The normalized spacial score (nSPS) is 9.94. The van der Waals surface area contributed by atoms with E-state index in [4.69, 9.17) is 16.6 Å². The number of nitrogens with two attached hydrogens (primary N) is 2. The van der Waals surface area contributed by atoms with Crippen molar-refractivity contribution < 1.29 is 19.1 Å². The van der Waals surface area contributed by atoms with Crippen LogP contribution in [0.15, 0.2) is 12.1 Å². The van der Waals surface area contributed by atoms with Gasteiger partial charge in [-0.2, -0.15) is 0 Å². The highest BCUT2D eigenvalue weighted by Gasteiger charge is 2.17. The Morgan fingerprint density at radius 3 is 2.59 bits per heavy atom.